The number of aliphatic hydroxyl groups is 2. The van der Waals surface area contributed by atoms with Crippen molar-refractivity contribution >= 4 is 7.60 Å². The van der Waals surface area contributed by atoms with E-state index in [0.717, 1.165) is 103 Å². The molecule has 1 fully saturated rings. The lowest BCUT2D eigenvalue weighted by Gasteiger charge is -2.21. The molecule has 1 saturated carbocycles. The molecule has 0 bridgehead atoms. The van der Waals surface area contributed by atoms with Crippen molar-refractivity contribution < 1.29 is 28.6 Å². The molecule has 0 aliphatic heterocycles. The van der Waals surface area contributed by atoms with Gasteiger partial charge in [-0.05, 0) is 77.8 Å². The van der Waals surface area contributed by atoms with Crippen LogP contribution in [0.15, 0.2) is 0 Å². The molecule has 0 heterocycles. The summed E-state index contributed by atoms with van der Waals surface area (Å²) in [6.07, 6.45) is 39.4. The summed E-state index contributed by atoms with van der Waals surface area (Å²) in [5.74, 6) is 0. The molecule has 2 N–H and O–H groups in total. The molecule has 55 heavy (non-hydrogen) atoms. The summed E-state index contributed by atoms with van der Waals surface area (Å²) in [6.45, 7) is 15.3. The van der Waals surface area contributed by atoms with Gasteiger partial charge >= 0.3 is 7.60 Å². The Hall–Kier alpha value is -0.0100. The van der Waals surface area contributed by atoms with Gasteiger partial charge in [0.2, 0.25) is 0 Å². The van der Waals surface area contributed by atoms with Gasteiger partial charge in [0, 0.05) is 6.54 Å². The maximum Gasteiger partial charge on any atom is 0.333 e. The summed E-state index contributed by atoms with van der Waals surface area (Å²) in [7, 11) is -2.91. The van der Waals surface area contributed by atoms with E-state index < -0.39 is 13.9 Å². The number of unbranched alkanes of at least 4 members (excludes halogenated alkanes) is 24. The lowest BCUT2D eigenvalue weighted by Crippen LogP contribution is -2.29. The van der Waals surface area contributed by atoms with Crippen LogP contribution in [-0.4, -0.2) is 72.6 Å². The molecular weight excluding hydrogens is 705 g/mol. The summed E-state index contributed by atoms with van der Waals surface area (Å²) in [5, 5.41) is 19.7. The van der Waals surface area contributed by atoms with Gasteiger partial charge in [-0.2, -0.15) is 0 Å². The highest BCUT2D eigenvalue weighted by molar-refractivity contribution is 7.55. The first-order chi connectivity index (χ1) is 26.9. The van der Waals surface area contributed by atoms with Crippen molar-refractivity contribution in [2.45, 2.75) is 265 Å². The minimum atomic E-state index is -2.91. The van der Waals surface area contributed by atoms with Crippen molar-refractivity contribution in [3.8, 4) is 0 Å². The van der Waals surface area contributed by atoms with Gasteiger partial charge in [-0.25, -0.2) is 0 Å². The molecule has 0 spiro atoms. The maximum absolute atomic E-state index is 13.2. The fraction of sp³-hybridized carbons (Fsp3) is 1.00. The molecule has 332 valence electrons. The molecule has 3 unspecified atom stereocenters. The molecule has 8 heteroatoms. The molecule has 0 aromatic rings. The highest BCUT2D eigenvalue weighted by Gasteiger charge is 2.43. The molecule has 1 aliphatic rings. The van der Waals surface area contributed by atoms with Crippen LogP contribution >= 0.6 is 7.60 Å². The van der Waals surface area contributed by atoms with Crippen LogP contribution < -0.4 is 0 Å². The molecule has 3 atom stereocenters. The van der Waals surface area contributed by atoms with Crippen LogP contribution in [0.1, 0.15) is 247 Å². The number of hydrogen-bond donors (Lipinski definition) is 2. The lowest BCUT2D eigenvalue weighted by atomic mass is 10.1. The second kappa shape index (κ2) is 42.1. The SMILES string of the molecule is CCCCCCCCC.CCCCCCCCOP(=O)(OCCCCCCCN(CCO)CCCCCCCC(O)OC(C)CCCCCCCC)C1CC1. The number of rotatable bonds is 43. The highest BCUT2D eigenvalue weighted by Crippen LogP contribution is 2.62. The first-order valence-corrected chi connectivity index (χ1v) is 26.0. The smallest absolute Gasteiger partial charge is 0.333 e. The predicted molar refractivity (Wildman–Crippen MR) is 238 cm³/mol. The van der Waals surface area contributed by atoms with Gasteiger partial charge < -0.3 is 28.9 Å². The Labute approximate surface area is 344 Å². The van der Waals surface area contributed by atoms with Crippen LogP contribution in [0, 0.1) is 0 Å². The zero-order valence-electron chi connectivity index (χ0n) is 37.7. The molecule has 7 nitrogen and oxygen atoms in total. The van der Waals surface area contributed by atoms with Crippen molar-refractivity contribution in [3.63, 3.8) is 0 Å². The van der Waals surface area contributed by atoms with Crippen molar-refractivity contribution in [2.75, 3.05) is 39.5 Å². The summed E-state index contributed by atoms with van der Waals surface area (Å²) < 4.78 is 30.7. The first-order valence-electron chi connectivity index (χ1n) is 24.4. The van der Waals surface area contributed by atoms with Gasteiger partial charge in [-0.3, -0.25) is 4.57 Å². The quantitative estimate of drug-likeness (QED) is 0.0360. The molecule has 0 radical (unpaired) electrons. The molecule has 1 aliphatic carbocycles. The van der Waals surface area contributed by atoms with Crippen molar-refractivity contribution in [1.29, 1.82) is 0 Å². The van der Waals surface area contributed by atoms with E-state index in [-0.39, 0.29) is 18.4 Å². The van der Waals surface area contributed by atoms with Crippen LogP contribution in [-0.2, 0) is 18.3 Å². The van der Waals surface area contributed by atoms with Gasteiger partial charge in [0.05, 0.1) is 31.6 Å². The summed E-state index contributed by atoms with van der Waals surface area (Å²) in [5.41, 5.74) is 0.144. The predicted octanol–water partition coefficient (Wildman–Crippen LogP) is 14.6. The minimum Gasteiger partial charge on any atom is -0.395 e. The number of hydrogen-bond acceptors (Lipinski definition) is 7. The minimum absolute atomic E-state index is 0.143. The summed E-state index contributed by atoms with van der Waals surface area (Å²) in [6, 6.07) is 0. The van der Waals surface area contributed by atoms with E-state index in [1.54, 1.807) is 0 Å². The fourth-order valence-electron chi connectivity index (χ4n) is 7.18. The Kier molecular flexibility index (Phi) is 42.1. The van der Waals surface area contributed by atoms with Crippen molar-refractivity contribution in [3.05, 3.63) is 0 Å². The lowest BCUT2D eigenvalue weighted by molar-refractivity contribution is -0.136. The van der Waals surface area contributed by atoms with E-state index in [9.17, 15) is 14.8 Å². The monoisotopic (exact) mass is 804 g/mol. The van der Waals surface area contributed by atoms with E-state index >= 15 is 0 Å². The van der Waals surface area contributed by atoms with Crippen LogP contribution in [0.4, 0.5) is 0 Å². The molecule has 0 amide bonds. The Balaban J connectivity index is 0.00000285. The standard InChI is InChI=1S/C38H78NO6P.C9H20/c1-4-6-8-10-14-20-26-36(3)45-38(41)27-21-15-12-16-22-30-39(32-33-40)31-23-17-13-19-25-35-44-46(42,37-28-29-37)43-34-24-18-11-9-7-5-2;1-3-5-7-9-8-6-4-2/h36-38,40-41H,4-35H2,1-3H3;3-9H2,1-2H3. The molecule has 1 rings (SSSR count). The largest absolute Gasteiger partial charge is 0.395 e. The number of aliphatic hydroxyl groups excluding tert-OH is 2. The van der Waals surface area contributed by atoms with E-state index in [1.165, 1.54) is 128 Å². The van der Waals surface area contributed by atoms with E-state index in [4.69, 9.17) is 13.8 Å². The van der Waals surface area contributed by atoms with Gasteiger partial charge in [0.15, 0.2) is 6.29 Å². The van der Waals surface area contributed by atoms with Gasteiger partial charge in [0.25, 0.3) is 0 Å². The third-order valence-corrected chi connectivity index (χ3v) is 13.6. The number of ether oxygens (including phenoxy) is 1. The normalized spacial score (nSPS) is 15.2. The zero-order valence-corrected chi connectivity index (χ0v) is 38.6. The number of nitrogens with zero attached hydrogens (tertiary/aromatic N) is 1. The second-order valence-corrected chi connectivity index (χ2v) is 19.1. The van der Waals surface area contributed by atoms with Crippen LogP contribution in [0.2, 0.25) is 0 Å². The summed E-state index contributed by atoms with van der Waals surface area (Å²) >= 11 is 0. The van der Waals surface area contributed by atoms with E-state index in [1.807, 2.05) is 0 Å². The fourth-order valence-corrected chi connectivity index (χ4v) is 9.23. The topological polar surface area (TPSA) is 88.5 Å². The van der Waals surface area contributed by atoms with Gasteiger partial charge in [0.1, 0.15) is 0 Å². The second-order valence-electron chi connectivity index (χ2n) is 16.8. The van der Waals surface area contributed by atoms with Gasteiger partial charge in [-0.1, -0.05) is 182 Å². The average Bonchev–Trinajstić information content (AvgIpc) is 4.03. The van der Waals surface area contributed by atoms with E-state index in [0.29, 0.717) is 13.2 Å². The molecule has 0 aromatic heterocycles. The third-order valence-electron chi connectivity index (χ3n) is 11.1. The molecule has 0 saturated heterocycles. The maximum atomic E-state index is 13.2. The van der Waals surface area contributed by atoms with Crippen LogP contribution in [0.25, 0.3) is 0 Å². The Bertz CT molecular complexity index is 793. The van der Waals surface area contributed by atoms with Crippen LogP contribution in [0.5, 0.6) is 0 Å². The van der Waals surface area contributed by atoms with Crippen LogP contribution in [0.3, 0.4) is 0 Å². The average molecular weight is 804 g/mol. The Morgan fingerprint density at radius 3 is 1.29 bits per heavy atom. The zero-order chi connectivity index (χ0) is 40.5. The Morgan fingerprint density at radius 1 is 0.527 bits per heavy atom. The summed E-state index contributed by atoms with van der Waals surface area (Å²) in [4.78, 5) is 2.40. The van der Waals surface area contributed by atoms with Crippen molar-refractivity contribution in [2.24, 2.45) is 0 Å². The Morgan fingerprint density at radius 2 is 0.891 bits per heavy atom. The third kappa shape index (κ3) is 38.0. The van der Waals surface area contributed by atoms with E-state index in [2.05, 4.69) is 39.5 Å². The first kappa shape index (κ1) is 55.0. The molecular formula is C47H98NO6P. The van der Waals surface area contributed by atoms with Crippen molar-refractivity contribution in [1.82, 2.24) is 4.90 Å². The highest BCUT2D eigenvalue weighted by atomic mass is 31.2. The van der Waals surface area contributed by atoms with Gasteiger partial charge in [-0.15, -0.1) is 0 Å². The molecule has 0 aromatic carbocycles.